The number of allylic oxidation sites excluding steroid dienone is 3. The lowest BCUT2D eigenvalue weighted by molar-refractivity contribution is -0.136. The SMILES string of the molecule is C=C1C[C@]23C=C(Sc4ccoc4C)C(=O)[C@@](C)(CCC(=O)Nc4c(O)ccc(C(=O)O)c4O)[C@@H]2C[C@@H]1CC3. The van der Waals surface area contributed by atoms with Gasteiger partial charge >= 0.3 is 5.97 Å². The summed E-state index contributed by atoms with van der Waals surface area (Å²) < 4.78 is 5.45. The van der Waals surface area contributed by atoms with Crippen LogP contribution in [0.2, 0.25) is 0 Å². The van der Waals surface area contributed by atoms with E-state index in [1.165, 1.54) is 17.3 Å². The predicted octanol–water partition coefficient (Wildman–Crippen LogP) is 6.04. The number of Topliss-reactive ketones (excluding diaryl/α,β-unsaturated/α-hetero) is 1. The lowest BCUT2D eigenvalue weighted by atomic mass is 9.44. The molecule has 6 rings (SSSR count). The van der Waals surface area contributed by atoms with Crippen molar-refractivity contribution < 1.29 is 34.1 Å². The van der Waals surface area contributed by atoms with Gasteiger partial charge in [0.05, 0.1) is 16.1 Å². The van der Waals surface area contributed by atoms with Gasteiger partial charge in [0.25, 0.3) is 0 Å². The summed E-state index contributed by atoms with van der Waals surface area (Å²) >= 11 is 1.41. The number of aryl methyl sites for hydroxylation is 1. The molecule has 1 spiro atoms. The number of carboxylic acid groups (broad SMARTS) is 1. The molecule has 0 radical (unpaired) electrons. The zero-order valence-electron chi connectivity index (χ0n) is 21.4. The van der Waals surface area contributed by atoms with E-state index in [-0.39, 0.29) is 35.6 Å². The van der Waals surface area contributed by atoms with Crippen molar-refractivity contribution in [2.45, 2.75) is 57.3 Å². The fourth-order valence-electron chi connectivity index (χ4n) is 6.70. The van der Waals surface area contributed by atoms with E-state index in [9.17, 15) is 29.7 Å². The minimum absolute atomic E-state index is 0.00302. The molecule has 0 aliphatic heterocycles. The number of furan rings is 1. The van der Waals surface area contributed by atoms with E-state index in [2.05, 4.69) is 18.0 Å². The molecule has 8 nitrogen and oxygen atoms in total. The largest absolute Gasteiger partial charge is 0.506 e. The quantitative estimate of drug-likeness (QED) is 0.248. The van der Waals surface area contributed by atoms with Crippen LogP contribution in [-0.2, 0) is 9.59 Å². The van der Waals surface area contributed by atoms with E-state index in [1.54, 1.807) is 6.26 Å². The van der Waals surface area contributed by atoms with Gasteiger partial charge in [0.15, 0.2) is 11.5 Å². The molecule has 9 heteroatoms. The normalized spacial score (nSPS) is 28.1. The molecule has 4 aliphatic rings. The summed E-state index contributed by atoms with van der Waals surface area (Å²) in [7, 11) is 0. The molecule has 0 saturated heterocycles. The second-order valence-electron chi connectivity index (χ2n) is 11.0. The Morgan fingerprint density at radius 3 is 2.68 bits per heavy atom. The number of benzene rings is 1. The summed E-state index contributed by atoms with van der Waals surface area (Å²) in [6.07, 6.45) is 7.68. The Labute approximate surface area is 224 Å². The molecule has 4 N–H and O–H groups in total. The number of aromatic carboxylic acids is 1. The number of hydrogen-bond acceptors (Lipinski definition) is 7. The molecule has 1 aromatic carbocycles. The van der Waals surface area contributed by atoms with E-state index in [0.29, 0.717) is 10.8 Å². The molecule has 38 heavy (non-hydrogen) atoms. The molecule has 1 aromatic heterocycles. The Balaban J connectivity index is 1.42. The highest BCUT2D eigenvalue weighted by atomic mass is 32.2. The molecular formula is C29H31NO7S. The maximum atomic E-state index is 14.1. The van der Waals surface area contributed by atoms with Crippen LogP contribution in [0.15, 0.2) is 56.9 Å². The molecular weight excluding hydrogens is 506 g/mol. The molecule has 1 heterocycles. The number of amides is 1. The molecule has 4 aliphatic carbocycles. The lowest BCUT2D eigenvalue weighted by Crippen LogP contribution is -2.55. The van der Waals surface area contributed by atoms with Gasteiger partial charge in [0.2, 0.25) is 5.91 Å². The zero-order valence-corrected chi connectivity index (χ0v) is 22.2. The highest BCUT2D eigenvalue weighted by molar-refractivity contribution is 8.04. The van der Waals surface area contributed by atoms with Crippen LogP contribution in [0.5, 0.6) is 11.5 Å². The average Bonchev–Trinajstić information content (AvgIpc) is 3.27. The minimum Gasteiger partial charge on any atom is -0.506 e. The maximum absolute atomic E-state index is 14.1. The first-order chi connectivity index (χ1) is 17.9. The monoisotopic (exact) mass is 537 g/mol. The number of aromatic hydroxyl groups is 2. The average molecular weight is 538 g/mol. The van der Waals surface area contributed by atoms with Crippen LogP contribution in [0, 0.1) is 29.6 Å². The number of carbonyl (C=O) groups is 3. The van der Waals surface area contributed by atoms with Crippen molar-refractivity contribution in [3.8, 4) is 11.5 Å². The smallest absolute Gasteiger partial charge is 0.339 e. The van der Waals surface area contributed by atoms with Gasteiger partial charge in [-0.1, -0.05) is 36.9 Å². The number of carbonyl (C=O) groups excluding carboxylic acids is 2. The van der Waals surface area contributed by atoms with Gasteiger partial charge in [-0.25, -0.2) is 4.79 Å². The van der Waals surface area contributed by atoms with Crippen molar-refractivity contribution in [3.63, 3.8) is 0 Å². The third-order valence-corrected chi connectivity index (χ3v) is 9.96. The Bertz CT molecular complexity index is 1390. The van der Waals surface area contributed by atoms with E-state index in [4.69, 9.17) is 4.42 Å². The van der Waals surface area contributed by atoms with Crippen LogP contribution in [-0.4, -0.2) is 33.0 Å². The number of phenols is 2. The van der Waals surface area contributed by atoms with Gasteiger partial charge in [-0.3, -0.25) is 9.59 Å². The second-order valence-corrected chi connectivity index (χ2v) is 12.1. The fourth-order valence-corrected chi connectivity index (χ4v) is 7.87. The molecule has 2 aromatic rings. The van der Waals surface area contributed by atoms with Gasteiger partial charge in [0, 0.05) is 11.8 Å². The highest BCUT2D eigenvalue weighted by Gasteiger charge is 2.60. The third-order valence-electron chi connectivity index (χ3n) is 8.79. The Kier molecular flexibility index (Phi) is 6.46. The number of carboxylic acids is 1. The molecule has 4 atom stereocenters. The number of phenolic OH excluding ortho intramolecular Hbond substituents is 1. The van der Waals surface area contributed by atoms with E-state index in [0.717, 1.165) is 48.5 Å². The standard InChI is InChI=1S/C29H31NO7S/c1-15-13-29-10-6-17(15)12-22(29)28(3,26(34)21(14-29)38-20-8-11-37-16(20)2)9-7-23(32)30-24-19(31)5-4-18(25(24)33)27(35)36/h4-5,8,11,14,17,22,31,33H,1,6-7,9-10,12-13H2,2-3H3,(H,30,32)(H,35,36)/t17-,22-,28-,29+/m0/s1. The molecule has 200 valence electrons. The third kappa shape index (κ3) is 4.22. The van der Waals surface area contributed by atoms with Gasteiger partial charge in [0.1, 0.15) is 22.8 Å². The Morgan fingerprint density at radius 2 is 2.03 bits per heavy atom. The van der Waals surface area contributed by atoms with Crippen LogP contribution in [0.1, 0.15) is 61.6 Å². The summed E-state index contributed by atoms with van der Waals surface area (Å²) in [5.41, 5.74) is -0.568. The number of nitrogens with one attached hydrogen (secondary N) is 1. The van der Waals surface area contributed by atoms with Crippen molar-refractivity contribution in [3.05, 3.63) is 58.9 Å². The number of thioether (sulfide) groups is 1. The van der Waals surface area contributed by atoms with Crippen LogP contribution in [0.25, 0.3) is 0 Å². The molecule has 2 bridgehead atoms. The van der Waals surface area contributed by atoms with Gasteiger partial charge in [-0.2, -0.15) is 0 Å². The van der Waals surface area contributed by atoms with Gasteiger partial charge in [-0.15, -0.1) is 0 Å². The summed E-state index contributed by atoms with van der Waals surface area (Å²) in [6.45, 7) is 8.14. The topological polar surface area (TPSA) is 137 Å². The number of rotatable bonds is 7. The first kappa shape index (κ1) is 26.2. The zero-order chi connectivity index (χ0) is 27.4. The highest BCUT2D eigenvalue weighted by Crippen LogP contribution is 2.66. The van der Waals surface area contributed by atoms with Crippen LogP contribution < -0.4 is 5.32 Å². The number of anilines is 1. The second kappa shape index (κ2) is 9.38. The molecule has 3 fully saturated rings. The minimum atomic E-state index is -1.39. The van der Waals surface area contributed by atoms with Crippen molar-refractivity contribution in [1.29, 1.82) is 0 Å². The lowest BCUT2D eigenvalue weighted by Gasteiger charge is -2.59. The van der Waals surface area contributed by atoms with Crippen molar-refractivity contribution in [2.24, 2.45) is 22.7 Å². The van der Waals surface area contributed by atoms with E-state index in [1.807, 2.05) is 19.9 Å². The Hall–Kier alpha value is -3.46. The summed E-state index contributed by atoms with van der Waals surface area (Å²) in [5, 5.41) is 32.1. The first-order valence-electron chi connectivity index (χ1n) is 12.7. The Morgan fingerprint density at radius 1 is 1.26 bits per heavy atom. The number of fused-ring (bicyclic) bond motifs is 2. The fraction of sp³-hybridized carbons (Fsp3) is 0.414. The van der Waals surface area contributed by atoms with Gasteiger partial charge in [-0.05, 0) is 74.5 Å². The van der Waals surface area contributed by atoms with E-state index < -0.39 is 34.4 Å². The molecule has 3 saturated carbocycles. The van der Waals surface area contributed by atoms with Crippen molar-refractivity contribution in [1.82, 2.24) is 0 Å². The maximum Gasteiger partial charge on any atom is 0.339 e. The predicted molar refractivity (Wildman–Crippen MR) is 142 cm³/mol. The van der Waals surface area contributed by atoms with E-state index >= 15 is 0 Å². The summed E-state index contributed by atoms with van der Waals surface area (Å²) in [5.74, 6) is -1.90. The van der Waals surface area contributed by atoms with Crippen LogP contribution >= 0.6 is 11.8 Å². The van der Waals surface area contributed by atoms with Crippen molar-refractivity contribution >= 4 is 35.1 Å². The summed E-state index contributed by atoms with van der Waals surface area (Å²) in [6, 6.07) is 4.01. The van der Waals surface area contributed by atoms with Crippen molar-refractivity contribution in [2.75, 3.05) is 5.32 Å². The van der Waals surface area contributed by atoms with Crippen LogP contribution in [0.3, 0.4) is 0 Å². The van der Waals surface area contributed by atoms with Crippen LogP contribution in [0.4, 0.5) is 5.69 Å². The van der Waals surface area contributed by atoms with Gasteiger partial charge < -0.3 is 25.1 Å². The number of hydrogen-bond donors (Lipinski definition) is 4. The first-order valence-corrected chi connectivity index (χ1v) is 13.5. The number of ketones is 1. The molecule has 0 unspecified atom stereocenters. The molecule has 1 amide bonds. The summed E-state index contributed by atoms with van der Waals surface area (Å²) in [4.78, 5) is 40.0.